The summed E-state index contributed by atoms with van der Waals surface area (Å²) in [6.45, 7) is 5.67. The Morgan fingerprint density at radius 1 is 1.11 bits per heavy atom. The zero-order valence-electron chi connectivity index (χ0n) is 20.0. The zero-order valence-corrected chi connectivity index (χ0v) is 20.8. The van der Waals surface area contributed by atoms with Crippen LogP contribution in [0.1, 0.15) is 32.4 Å². The Balaban J connectivity index is 1.51. The van der Waals surface area contributed by atoms with Crippen LogP contribution in [0.2, 0.25) is 0 Å². The largest absolute Gasteiger partial charge is 0.480 e. The number of benzene rings is 1. The van der Waals surface area contributed by atoms with Crippen molar-refractivity contribution in [2.24, 2.45) is 0 Å². The smallest absolute Gasteiger partial charge is 0.327 e. The average molecular weight is 518 g/mol. The number of carboxylic acids is 1. The number of hydrogen-bond acceptors (Lipinski definition) is 7. The number of imide groups is 1. The van der Waals surface area contributed by atoms with Crippen molar-refractivity contribution in [2.45, 2.75) is 49.0 Å². The van der Waals surface area contributed by atoms with Gasteiger partial charge in [-0.2, -0.15) is 0 Å². The van der Waals surface area contributed by atoms with Crippen molar-refractivity contribution in [3.63, 3.8) is 0 Å². The highest BCUT2D eigenvalue weighted by molar-refractivity contribution is 8.01. The summed E-state index contributed by atoms with van der Waals surface area (Å²) in [7, 11) is 0. The number of β-lactam (4-membered cyclic amide) rings is 1. The first-order valence-electron chi connectivity index (χ1n) is 11.5. The maximum absolute atomic E-state index is 13.3. The van der Waals surface area contributed by atoms with Crippen molar-refractivity contribution in [3.8, 4) is 0 Å². The lowest BCUT2D eigenvalue weighted by Gasteiger charge is -2.44. The molecular formula is C23H27N5O7S. The van der Waals surface area contributed by atoms with Crippen LogP contribution in [0.4, 0.5) is 4.79 Å². The molecule has 3 saturated heterocycles. The number of piperazine rings is 1. The van der Waals surface area contributed by atoms with Gasteiger partial charge in [0.25, 0.3) is 0 Å². The van der Waals surface area contributed by atoms with E-state index in [1.807, 2.05) is 0 Å². The van der Waals surface area contributed by atoms with Gasteiger partial charge in [0.05, 0.1) is 0 Å². The van der Waals surface area contributed by atoms with Gasteiger partial charge in [0.2, 0.25) is 11.8 Å². The molecule has 3 aliphatic rings. The van der Waals surface area contributed by atoms with Crippen molar-refractivity contribution >= 4 is 47.4 Å². The molecule has 3 heterocycles. The van der Waals surface area contributed by atoms with Gasteiger partial charge in [0.1, 0.15) is 23.5 Å². The van der Waals surface area contributed by atoms with Gasteiger partial charge < -0.3 is 25.5 Å². The van der Waals surface area contributed by atoms with Crippen molar-refractivity contribution in [3.05, 3.63) is 35.9 Å². The molecule has 13 heteroatoms. The molecular weight excluding hydrogens is 490 g/mol. The SMILES string of the molecule is CCN1CCN(C(=O)N[C@H](C(=O)N[C@H]2C(=O)N3[C@@H](C(=O)O)C(C)(C)S[C@@H]23)c2ccccc2)C(=O)C1=O. The number of nitrogens with zero attached hydrogens (tertiary/aromatic N) is 3. The lowest BCUT2D eigenvalue weighted by Crippen LogP contribution is -2.71. The van der Waals surface area contributed by atoms with Gasteiger partial charge in [-0.3, -0.25) is 24.1 Å². The third-order valence-electron chi connectivity index (χ3n) is 6.57. The minimum Gasteiger partial charge on any atom is -0.480 e. The summed E-state index contributed by atoms with van der Waals surface area (Å²) < 4.78 is -0.758. The Kier molecular flexibility index (Phi) is 6.69. The molecule has 0 spiro atoms. The highest BCUT2D eigenvalue weighted by atomic mass is 32.2. The number of carboxylic acid groups (broad SMARTS) is 1. The van der Waals surface area contributed by atoms with Gasteiger partial charge in [-0.25, -0.2) is 9.59 Å². The third kappa shape index (κ3) is 4.27. The van der Waals surface area contributed by atoms with Gasteiger partial charge in [-0.05, 0) is 26.3 Å². The zero-order chi connectivity index (χ0) is 26.4. The third-order valence-corrected chi connectivity index (χ3v) is 8.14. The summed E-state index contributed by atoms with van der Waals surface area (Å²) in [5.74, 6) is -4.12. The number of carbonyl (C=O) groups is 6. The van der Waals surface area contributed by atoms with Gasteiger partial charge in [0, 0.05) is 24.4 Å². The molecule has 3 N–H and O–H groups in total. The topological polar surface area (TPSA) is 156 Å². The first kappa shape index (κ1) is 25.5. The predicted octanol–water partition coefficient (Wildman–Crippen LogP) is -0.240. The van der Waals surface area contributed by atoms with E-state index in [2.05, 4.69) is 10.6 Å². The molecule has 0 bridgehead atoms. The van der Waals surface area contributed by atoms with E-state index in [1.165, 1.54) is 21.6 Å². The van der Waals surface area contributed by atoms with E-state index in [1.54, 1.807) is 51.1 Å². The van der Waals surface area contributed by atoms with Crippen LogP contribution in [-0.2, 0) is 24.0 Å². The summed E-state index contributed by atoms with van der Waals surface area (Å²) in [6, 6.07) is 4.11. The number of aliphatic carboxylic acids is 1. The molecule has 36 heavy (non-hydrogen) atoms. The number of amides is 6. The lowest BCUT2D eigenvalue weighted by atomic mass is 9.95. The van der Waals surface area contributed by atoms with Crippen molar-refractivity contribution < 1.29 is 33.9 Å². The number of carbonyl (C=O) groups excluding carboxylic acids is 5. The molecule has 0 aromatic heterocycles. The standard InChI is InChI=1S/C23H27N5O7S/c1-4-26-10-11-27(19(32)18(26)31)22(35)25-13(12-8-6-5-7-9-12)16(29)24-14-17(30)28-15(21(33)34)23(2,3)36-20(14)28/h5-9,13-15,20H,4,10-11H2,1-3H3,(H,24,29)(H,25,35)(H,33,34)/t13-,14-,15-,20-/m0/s1. The number of hydrogen-bond donors (Lipinski definition) is 3. The fourth-order valence-electron chi connectivity index (χ4n) is 4.70. The van der Waals surface area contributed by atoms with E-state index >= 15 is 0 Å². The molecule has 0 unspecified atom stereocenters. The van der Waals surface area contributed by atoms with Gasteiger partial charge in [-0.15, -0.1) is 11.8 Å². The number of thioether (sulfide) groups is 1. The molecule has 12 nitrogen and oxygen atoms in total. The maximum Gasteiger partial charge on any atom is 0.327 e. The number of likely N-dealkylation sites (N-methyl/N-ethyl adjacent to an activating group) is 1. The predicted molar refractivity (Wildman–Crippen MR) is 127 cm³/mol. The molecule has 0 saturated carbocycles. The van der Waals surface area contributed by atoms with E-state index in [9.17, 15) is 33.9 Å². The van der Waals surface area contributed by atoms with Crippen LogP contribution in [0.5, 0.6) is 0 Å². The first-order valence-corrected chi connectivity index (χ1v) is 12.3. The summed E-state index contributed by atoms with van der Waals surface area (Å²) in [5.41, 5.74) is 0.403. The minimum absolute atomic E-state index is 0.0200. The van der Waals surface area contributed by atoms with Crippen LogP contribution in [-0.4, -0.2) is 97.3 Å². The van der Waals surface area contributed by atoms with Gasteiger partial charge in [0.15, 0.2) is 0 Å². The molecule has 4 atom stereocenters. The van der Waals surface area contributed by atoms with E-state index in [0.717, 1.165) is 4.90 Å². The second-order valence-electron chi connectivity index (χ2n) is 9.22. The first-order chi connectivity index (χ1) is 17.0. The Bertz CT molecular complexity index is 1130. The summed E-state index contributed by atoms with van der Waals surface area (Å²) in [6.07, 6.45) is 0. The highest BCUT2D eigenvalue weighted by Gasteiger charge is 2.64. The van der Waals surface area contributed by atoms with Crippen LogP contribution < -0.4 is 10.6 Å². The minimum atomic E-state index is -1.26. The van der Waals surface area contributed by atoms with Gasteiger partial charge >= 0.3 is 23.8 Å². The fraction of sp³-hybridized carbons (Fsp3) is 0.478. The number of fused-ring (bicyclic) bond motifs is 1. The van der Waals surface area contributed by atoms with Crippen molar-refractivity contribution in [1.29, 1.82) is 0 Å². The summed E-state index contributed by atoms with van der Waals surface area (Å²) in [4.78, 5) is 78.8. The number of nitrogens with one attached hydrogen (secondary N) is 2. The van der Waals surface area contributed by atoms with E-state index in [-0.39, 0.29) is 13.1 Å². The van der Waals surface area contributed by atoms with Crippen LogP contribution in [0, 0.1) is 0 Å². The molecule has 192 valence electrons. The molecule has 3 fully saturated rings. The van der Waals surface area contributed by atoms with Crippen molar-refractivity contribution in [2.75, 3.05) is 19.6 Å². The fourth-order valence-corrected chi connectivity index (χ4v) is 6.32. The molecule has 1 aromatic rings. The number of rotatable bonds is 6. The second-order valence-corrected chi connectivity index (χ2v) is 11.0. The molecule has 6 amide bonds. The quantitative estimate of drug-likeness (QED) is 0.345. The highest BCUT2D eigenvalue weighted by Crippen LogP contribution is 2.50. The van der Waals surface area contributed by atoms with Crippen LogP contribution in [0.3, 0.4) is 0 Å². The Morgan fingerprint density at radius 3 is 2.39 bits per heavy atom. The van der Waals surface area contributed by atoms with E-state index in [4.69, 9.17) is 0 Å². The van der Waals surface area contributed by atoms with Crippen LogP contribution >= 0.6 is 11.8 Å². The summed E-state index contributed by atoms with van der Waals surface area (Å²) in [5, 5.41) is 14.2. The Labute approximate surface area is 211 Å². The molecule has 1 aromatic carbocycles. The van der Waals surface area contributed by atoms with E-state index < -0.39 is 63.9 Å². The lowest BCUT2D eigenvalue weighted by molar-refractivity contribution is -0.161. The maximum atomic E-state index is 13.3. The summed E-state index contributed by atoms with van der Waals surface area (Å²) >= 11 is 1.28. The molecule has 4 rings (SSSR count). The Morgan fingerprint density at radius 2 is 1.78 bits per heavy atom. The molecule has 3 aliphatic heterocycles. The average Bonchev–Trinajstić information content (AvgIpc) is 3.10. The van der Waals surface area contributed by atoms with E-state index in [0.29, 0.717) is 12.1 Å². The normalized spacial score (nSPS) is 25.7. The van der Waals surface area contributed by atoms with Crippen LogP contribution in [0.25, 0.3) is 0 Å². The second kappa shape index (κ2) is 9.45. The molecule has 0 aliphatic carbocycles. The molecule has 0 radical (unpaired) electrons. The Hall–Kier alpha value is -3.61. The van der Waals surface area contributed by atoms with Crippen molar-refractivity contribution in [1.82, 2.24) is 25.3 Å². The van der Waals surface area contributed by atoms with Crippen LogP contribution in [0.15, 0.2) is 30.3 Å². The van der Waals surface area contributed by atoms with Gasteiger partial charge in [-0.1, -0.05) is 30.3 Å². The number of urea groups is 1. The monoisotopic (exact) mass is 517 g/mol.